The minimum atomic E-state index is -4.08. The van der Waals surface area contributed by atoms with Crippen molar-refractivity contribution in [2.45, 2.75) is 61.3 Å². The molecule has 1 saturated heterocycles. The van der Waals surface area contributed by atoms with Crippen LogP contribution in [0.4, 0.5) is 0 Å². The van der Waals surface area contributed by atoms with Crippen LogP contribution in [0.2, 0.25) is 0 Å². The summed E-state index contributed by atoms with van der Waals surface area (Å²) in [7, 11) is -2.62. The lowest BCUT2D eigenvalue weighted by Crippen LogP contribution is -2.47. The Kier molecular flexibility index (Phi) is 8.81. The predicted octanol–water partition coefficient (Wildman–Crippen LogP) is 6.36. The Morgan fingerprint density at radius 1 is 0.795 bits per heavy atom. The van der Waals surface area contributed by atoms with Crippen LogP contribution >= 0.6 is 0 Å². The van der Waals surface area contributed by atoms with Crippen molar-refractivity contribution >= 4 is 15.8 Å². The lowest BCUT2D eigenvalue weighted by molar-refractivity contribution is -0.204. The molecule has 6 rings (SSSR count). The second kappa shape index (κ2) is 12.9. The van der Waals surface area contributed by atoms with Gasteiger partial charge in [0.05, 0.1) is 54.7 Å². The van der Waals surface area contributed by atoms with Crippen LogP contribution in [0.5, 0.6) is 5.75 Å². The summed E-state index contributed by atoms with van der Waals surface area (Å²) in [5, 5.41) is 0. The van der Waals surface area contributed by atoms with Gasteiger partial charge in [0.15, 0.2) is 0 Å². The van der Waals surface area contributed by atoms with Crippen molar-refractivity contribution in [2.24, 2.45) is 0 Å². The Morgan fingerprint density at radius 3 is 2.00 bits per heavy atom. The topological polar surface area (TPSA) is 97.4 Å². The number of methoxy groups -OCH3 is 1. The summed E-state index contributed by atoms with van der Waals surface area (Å²) in [4.78, 5) is 12.9. The van der Waals surface area contributed by atoms with Crippen LogP contribution < -0.4 is 4.74 Å². The number of esters is 1. The van der Waals surface area contributed by atoms with E-state index in [1.54, 1.807) is 30.3 Å². The molecule has 2 aliphatic heterocycles. The summed E-state index contributed by atoms with van der Waals surface area (Å²) >= 11 is 0. The van der Waals surface area contributed by atoms with E-state index >= 15 is 0 Å². The van der Waals surface area contributed by atoms with E-state index in [0.717, 1.165) is 11.1 Å². The molecule has 4 aromatic carbocycles. The van der Waals surface area contributed by atoms with Crippen molar-refractivity contribution in [3.63, 3.8) is 0 Å². The van der Waals surface area contributed by atoms with Gasteiger partial charge in [-0.1, -0.05) is 84.9 Å². The molecule has 4 aromatic rings. The molecule has 0 spiro atoms. The third-order valence-corrected chi connectivity index (χ3v) is 9.87. The van der Waals surface area contributed by atoms with E-state index in [1.165, 1.54) is 19.2 Å². The lowest BCUT2D eigenvalue weighted by Gasteiger charge is -2.41. The van der Waals surface area contributed by atoms with Gasteiger partial charge >= 0.3 is 5.97 Å². The number of benzene rings is 4. The number of rotatable bonds is 10. The molecule has 1 fully saturated rings. The first kappa shape index (κ1) is 30.0. The van der Waals surface area contributed by atoms with Crippen LogP contribution in [0.25, 0.3) is 0 Å². The molecule has 0 saturated carbocycles. The van der Waals surface area contributed by atoms with Crippen LogP contribution in [0.3, 0.4) is 0 Å². The van der Waals surface area contributed by atoms with Crippen LogP contribution in [-0.2, 0) is 42.0 Å². The van der Waals surface area contributed by atoms with E-state index in [-0.39, 0.29) is 40.1 Å². The molecule has 1 unspecified atom stereocenters. The molecule has 0 N–H and O–H groups in total. The first-order valence-electron chi connectivity index (χ1n) is 14.5. The van der Waals surface area contributed by atoms with Crippen molar-refractivity contribution in [1.82, 2.24) is 0 Å². The number of fused-ring (bicyclic) bond motifs is 1. The monoisotopic (exact) mass is 614 g/mol. The summed E-state index contributed by atoms with van der Waals surface area (Å²) in [5.41, 5.74) is 1.47. The number of sulfone groups is 1. The maximum absolute atomic E-state index is 13.7. The van der Waals surface area contributed by atoms with Crippen molar-refractivity contribution in [2.75, 3.05) is 7.11 Å². The molecule has 44 heavy (non-hydrogen) atoms. The standard InChI is InChI=1S/C35H34O8S/c1-23-32(41-22-25-14-8-4-9-15-25)30(40-21-24-12-6-3-7-13-24)20-29(42-23)27-18-19-28-31(33(27)39-2)35(43-34(28)36)44(37,38)26-16-10-5-11-17-26/h3-19,23,29-30,32,35H,20-22H2,1-2H3/t23-,29-,30-,32-,35?/m1/s1. The first-order chi connectivity index (χ1) is 21.4. The normalized spacial score (nSPS) is 23.1. The molecule has 2 aliphatic rings. The average Bonchev–Trinajstić information content (AvgIpc) is 3.41. The van der Waals surface area contributed by atoms with Crippen LogP contribution in [-0.4, -0.2) is 39.8 Å². The smallest absolute Gasteiger partial charge is 0.340 e. The zero-order valence-corrected chi connectivity index (χ0v) is 25.3. The van der Waals surface area contributed by atoms with E-state index in [2.05, 4.69) is 0 Å². The fourth-order valence-corrected chi connectivity index (χ4v) is 7.41. The van der Waals surface area contributed by atoms with Crippen molar-refractivity contribution < 1.29 is 36.9 Å². The number of carbonyl (C=O) groups is 1. The Labute approximate surface area is 257 Å². The van der Waals surface area contributed by atoms with Crippen molar-refractivity contribution in [3.8, 4) is 5.75 Å². The van der Waals surface area contributed by atoms with E-state index in [1.807, 2.05) is 67.6 Å². The van der Waals surface area contributed by atoms with Gasteiger partial charge in [0, 0.05) is 12.0 Å². The summed E-state index contributed by atoms with van der Waals surface area (Å²) in [5.74, 6) is -0.466. The van der Waals surface area contributed by atoms with Gasteiger partial charge in [0.2, 0.25) is 15.3 Å². The Hall–Kier alpha value is -4.02. The Balaban J connectivity index is 1.32. The third-order valence-electron chi connectivity index (χ3n) is 8.05. The molecule has 0 amide bonds. The zero-order chi connectivity index (χ0) is 30.7. The van der Waals surface area contributed by atoms with E-state index in [0.29, 0.717) is 25.2 Å². The highest BCUT2D eigenvalue weighted by molar-refractivity contribution is 7.91. The summed E-state index contributed by atoms with van der Waals surface area (Å²) in [6.07, 6.45) is -1.22. The zero-order valence-electron chi connectivity index (χ0n) is 24.5. The molecular weight excluding hydrogens is 580 g/mol. The van der Waals surface area contributed by atoms with Crippen LogP contribution in [0.1, 0.15) is 57.5 Å². The minimum Gasteiger partial charge on any atom is -0.496 e. The molecule has 0 aromatic heterocycles. The van der Waals surface area contributed by atoms with Gasteiger partial charge < -0.3 is 23.7 Å². The number of carbonyl (C=O) groups excluding carboxylic acids is 1. The third kappa shape index (κ3) is 6.01. The van der Waals surface area contributed by atoms with Crippen molar-refractivity contribution in [3.05, 3.63) is 131 Å². The maximum atomic E-state index is 13.7. The molecule has 0 aliphatic carbocycles. The van der Waals surface area contributed by atoms with E-state index < -0.39 is 27.3 Å². The highest BCUT2D eigenvalue weighted by Crippen LogP contribution is 2.48. The Morgan fingerprint density at radius 2 is 1.39 bits per heavy atom. The molecule has 2 heterocycles. The highest BCUT2D eigenvalue weighted by Gasteiger charge is 2.46. The van der Waals surface area contributed by atoms with Gasteiger partial charge in [-0.25, -0.2) is 13.2 Å². The molecule has 8 nitrogen and oxygen atoms in total. The molecule has 9 heteroatoms. The number of cyclic esters (lactones) is 1. The largest absolute Gasteiger partial charge is 0.496 e. The summed E-state index contributed by atoms with van der Waals surface area (Å²) in [6, 6.07) is 31.1. The van der Waals surface area contributed by atoms with Gasteiger partial charge in [0.1, 0.15) is 11.9 Å². The van der Waals surface area contributed by atoms with Gasteiger partial charge in [-0.15, -0.1) is 0 Å². The summed E-state index contributed by atoms with van der Waals surface area (Å²) < 4.78 is 58.0. The number of hydrogen-bond donors (Lipinski definition) is 0. The van der Waals surface area contributed by atoms with Gasteiger partial charge in [-0.3, -0.25) is 0 Å². The Bertz CT molecular complexity index is 1690. The maximum Gasteiger partial charge on any atom is 0.340 e. The van der Waals surface area contributed by atoms with Crippen LogP contribution in [0, 0.1) is 0 Å². The number of ether oxygens (including phenoxy) is 5. The first-order valence-corrected chi connectivity index (χ1v) is 16.1. The fraction of sp³-hybridized carbons (Fsp3) is 0.286. The van der Waals surface area contributed by atoms with Crippen molar-refractivity contribution in [1.29, 1.82) is 0 Å². The highest BCUT2D eigenvalue weighted by atomic mass is 32.2. The average molecular weight is 615 g/mol. The van der Waals surface area contributed by atoms with E-state index in [4.69, 9.17) is 23.7 Å². The van der Waals surface area contributed by atoms with Crippen LogP contribution in [0.15, 0.2) is 108 Å². The second-order valence-corrected chi connectivity index (χ2v) is 12.9. The summed E-state index contributed by atoms with van der Waals surface area (Å²) in [6.45, 7) is 2.72. The lowest BCUT2D eigenvalue weighted by atomic mass is 9.91. The van der Waals surface area contributed by atoms with E-state index in [9.17, 15) is 13.2 Å². The molecule has 228 valence electrons. The number of hydrogen-bond acceptors (Lipinski definition) is 8. The quantitative estimate of drug-likeness (QED) is 0.191. The second-order valence-electron chi connectivity index (χ2n) is 10.9. The van der Waals surface area contributed by atoms with Gasteiger partial charge in [0.25, 0.3) is 0 Å². The predicted molar refractivity (Wildman–Crippen MR) is 163 cm³/mol. The molecule has 0 bridgehead atoms. The molecule has 5 atom stereocenters. The molecule has 0 radical (unpaired) electrons. The molecular formula is C35H34O8S. The van der Waals surface area contributed by atoms with Gasteiger partial charge in [-0.05, 0) is 36.2 Å². The SMILES string of the molecule is COc1c([C@H]2C[C@@H](OCc3ccccc3)[C@H](OCc3ccccc3)[C@@H](C)O2)ccc2c1C(S(=O)(=O)c1ccccc1)OC2=O. The minimum absolute atomic E-state index is 0.0495. The van der Waals surface area contributed by atoms with Gasteiger partial charge in [-0.2, -0.15) is 0 Å². The fourth-order valence-electron chi connectivity index (χ4n) is 5.87.